The van der Waals surface area contributed by atoms with Gasteiger partial charge in [-0.15, -0.1) is 0 Å². The van der Waals surface area contributed by atoms with Crippen LogP contribution in [0.3, 0.4) is 0 Å². The van der Waals surface area contributed by atoms with Gasteiger partial charge in [0.25, 0.3) is 0 Å². The van der Waals surface area contributed by atoms with Crippen LogP contribution in [0.15, 0.2) is 64.6 Å². The Hall–Kier alpha value is -2.66. The number of benzene rings is 2. The lowest BCUT2D eigenvalue weighted by Crippen LogP contribution is -2.72. The van der Waals surface area contributed by atoms with Gasteiger partial charge in [0, 0.05) is 11.1 Å². The quantitative estimate of drug-likeness (QED) is 0.457. The van der Waals surface area contributed by atoms with Crippen LogP contribution < -0.4 is 11.1 Å². The minimum absolute atomic E-state index is 0.149. The molecule has 5 heteroatoms. The molecule has 5 nitrogen and oxygen atoms in total. The van der Waals surface area contributed by atoms with Crippen molar-refractivity contribution < 1.29 is 10.4 Å². The molecule has 0 amide bonds. The molecule has 2 aromatic rings. The molecule has 0 radical (unpaired) electrons. The minimum Gasteiger partial charge on any atom is -0.507 e. The van der Waals surface area contributed by atoms with Crippen molar-refractivity contribution in [2.45, 2.75) is 6.92 Å². The van der Waals surface area contributed by atoms with E-state index in [1.807, 2.05) is 43.7 Å². The van der Waals surface area contributed by atoms with Crippen LogP contribution in [-0.4, -0.2) is 12.2 Å². The number of quaternary nitrogens is 1. The lowest BCUT2D eigenvalue weighted by Gasteiger charge is -2.06. The van der Waals surface area contributed by atoms with Crippen LogP contribution in [-0.2, 0) is 0 Å². The van der Waals surface area contributed by atoms with Gasteiger partial charge in [-0.25, -0.2) is 0 Å². The van der Waals surface area contributed by atoms with Crippen molar-refractivity contribution >= 4 is 22.1 Å². The molecule has 108 valence electrons. The van der Waals surface area contributed by atoms with Crippen molar-refractivity contribution in [1.82, 2.24) is 0 Å². The van der Waals surface area contributed by atoms with Gasteiger partial charge in [0.15, 0.2) is 0 Å². The summed E-state index contributed by atoms with van der Waals surface area (Å²) in [4.78, 5) is 0. The first-order chi connectivity index (χ1) is 10.1. The fourth-order valence-corrected chi connectivity index (χ4v) is 1.95. The van der Waals surface area contributed by atoms with E-state index in [0.717, 1.165) is 11.1 Å². The maximum atomic E-state index is 10.0. The van der Waals surface area contributed by atoms with Crippen LogP contribution in [0.25, 0.3) is 10.8 Å². The molecule has 2 rings (SSSR count). The largest absolute Gasteiger partial charge is 0.507 e. The Balaban J connectivity index is 2.42. The van der Waals surface area contributed by atoms with E-state index >= 15 is 0 Å². The third-order valence-electron chi connectivity index (χ3n) is 2.99. The second-order valence-electron chi connectivity index (χ2n) is 4.60. The molecule has 5 N–H and O–H groups in total. The molecule has 0 aromatic heterocycles. The van der Waals surface area contributed by atoms with Crippen LogP contribution in [0.4, 0.5) is 11.4 Å². The number of nitrogens with zero attached hydrogens (tertiary/aromatic N) is 2. The van der Waals surface area contributed by atoms with Gasteiger partial charge in [-0.2, -0.15) is 10.2 Å². The maximum absolute atomic E-state index is 10.0. The van der Waals surface area contributed by atoms with E-state index in [2.05, 4.69) is 10.2 Å². The fourth-order valence-electron chi connectivity index (χ4n) is 1.95. The highest BCUT2D eigenvalue weighted by atomic mass is 16.3. The van der Waals surface area contributed by atoms with Gasteiger partial charge in [-0.3, -0.25) is 0 Å². The molecule has 0 bridgehead atoms. The molecule has 0 unspecified atom stereocenters. The van der Waals surface area contributed by atoms with Crippen LogP contribution in [0.1, 0.15) is 6.92 Å². The van der Waals surface area contributed by atoms with Crippen molar-refractivity contribution in [3.63, 3.8) is 0 Å². The molecule has 0 fully saturated rings. The Labute approximate surface area is 123 Å². The highest BCUT2D eigenvalue weighted by molar-refractivity contribution is 6.03. The summed E-state index contributed by atoms with van der Waals surface area (Å²) >= 11 is 0. The average Bonchev–Trinajstić information content (AvgIpc) is 2.47. The first-order valence-electron chi connectivity index (χ1n) is 6.68. The molecular weight excluding hydrogens is 264 g/mol. The zero-order valence-corrected chi connectivity index (χ0v) is 12.1. The number of rotatable bonds is 4. The molecule has 2 aromatic carbocycles. The number of nitrogen functional groups attached to an aromatic ring is 1. The second kappa shape index (κ2) is 6.67. The van der Waals surface area contributed by atoms with Gasteiger partial charge in [0.1, 0.15) is 5.75 Å². The number of azo groups is 1. The molecule has 21 heavy (non-hydrogen) atoms. The normalized spacial score (nSPS) is 12.8. The summed E-state index contributed by atoms with van der Waals surface area (Å²) in [7, 11) is 1.95. The van der Waals surface area contributed by atoms with E-state index in [9.17, 15) is 5.11 Å². The monoisotopic (exact) mass is 283 g/mol. The molecule has 0 aliphatic rings. The average molecular weight is 283 g/mol. The lowest BCUT2D eigenvalue weighted by atomic mass is 10.1. The van der Waals surface area contributed by atoms with Crippen LogP contribution in [0.5, 0.6) is 5.75 Å². The lowest BCUT2D eigenvalue weighted by molar-refractivity contribution is -0.556. The Morgan fingerprint density at radius 2 is 2.10 bits per heavy atom. The van der Waals surface area contributed by atoms with Crippen LogP contribution in [0, 0.1) is 0 Å². The van der Waals surface area contributed by atoms with E-state index < -0.39 is 0 Å². The predicted molar refractivity (Wildman–Crippen MR) is 85.3 cm³/mol. The summed E-state index contributed by atoms with van der Waals surface area (Å²) in [6.07, 6.45) is 5.68. The van der Waals surface area contributed by atoms with E-state index in [0.29, 0.717) is 16.8 Å². The highest BCUT2D eigenvalue weighted by Gasteiger charge is 2.07. The highest BCUT2D eigenvalue weighted by Crippen LogP contribution is 2.36. The summed E-state index contributed by atoms with van der Waals surface area (Å²) in [6, 6.07) is 8.74. The van der Waals surface area contributed by atoms with Crippen molar-refractivity contribution in [3.8, 4) is 5.75 Å². The Bertz CT molecular complexity index is 732. The molecule has 0 atom stereocenters. The molecular formula is C16H19N4O+. The first-order valence-corrected chi connectivity index (χ1v) is 6.68. The number of hydrogen-bond donors (Lipinski definition) is 3. The van der Waals surface area contributed by atoms with Crippen molar-refractivity contribution in [1.29, 1.82) is 0 Å². The van der Waals surface area contributed by atoms with Gasteiger partial charge in [0.2, 0.25) is 0 Å². The third kappa shape index (κ3) is 3.46. The standard InChI is InChI=1S/C16H18N4O/c1-11(5-4-10-18-2)19-20-14-9-8-13(17)12-6-3-7-15(21)16(12)14/h3-10,18,21H,17H2,1-2H3/p+1/b10-4-,11-5+,20-19?. The molecule has 0 aliphatic heterocycles. The smallest absolute Gasteiger partial charge is 0.125 e. The van der Waals surface area contributed by atoms with Gasteiger partial charge in [-0.05, 0) is 37.3 Å². The molecule has 0 aliphatic carbocycles. The summed E-state index contributed by atoms with van der Waals surface area (Å²) in [5.74, 6) is 0.149. The topological polar surface area (TPSA) is 87.6 Å². The van der Waals surface area contributed by atoms with Crippen molar-refractivity contribution in [2.24, 2.45) is 10.2 Å². The van der Waals surface area contributed by atoms with Crippen LogP contribution >= 0.6 is 0 Å². The number of fused-ring (bicyclic) bond motifs is 1. The Morgan fingerprint density at radius 3 is 2.86 bits per heavy atom. The summed E-state index contributed by atoms with van der Waals surface area (Å²) < 4.78 is 0. The van der Waals surface area contributed by atoms with Gasteiger partial charge in [0.05, 0.1) is 30.0 Å². The van der Waals surface area contributed by atoms with Gasteiger partial charge < -0.3 is 16.2 Å². The number of allylic oxidation sites excluding steroid dienone is 3. The number of hydrogen-bond acceptors (Lipinski definition) is 4. The number of phenols is 1. The maximum Gasteiger partial charge on any atom is 0.125 e. The number of nitrogens with two attached hydrogens (primary N) is 2. The Kier molecular flexibility index (Phi) is 4.68. The third-order valence-corrected chi connectivity index (χ3v) is 2.99. The molecule has 0 heterocycles. The van der Waals surface area contributed by atoms with Crippen LogP contribution in [0.2, 0.25) is 0 Å². The minimum atomic E-state index is 0.149. The number of aromatic hydroxyl groups is 1. The zero-order chi connectivity index (χ0) is 15.2. The summed E-state index contributed by atoms with van der Waals surface area (Å²) in [5, 5.41) is 21.7. The molecule has 0 saturated carbocycles. The molecule has 0 spiro atoms. The molecule has 0 saturated heterocycles. The summed E-state index contributed by atoms with van der Waals surface area (Å²) in [5.41, 5.74) is 7.89. The SMILES string of the molecule is C[NH2+]/C=C\C=C(/C)N=Nc1ccc(N)c2cccc(O)c12. The zero-order valence-electron chi connectivity index (χ0n) is 12.1. The van der Waals surface area contributed by atoms with E-state index in [1.165, 1.54) is 0 Å². The second-order valence-corrected chi connectivity index (χ2v) is 4.60. The van der Waals surface area contributed by atoms with E-state index in [1.54, 1.807) is 24.3 Å². The van der Waals surface area contributed by atoms with Crippen molar-refractivity contribution in [2.75, 3.05) is 12.8 Å². The predicted octanol–water partition coefficient (Wildman–Crippen LogP) is 2.82. The van der Waals surface area contributed by atoms with Gasteiger partial charge in [-0.1, -0.05) is 12.1 Å². The van der Waals surface area contributed by atoms with E-state index in [4.69, 9.17) is 5.73 Å². The Morgan fingerprint density at radius 1 is 1.29 bits per heavy atom. The fraction of sp³-hybridized carbons (Fsp3) is 0.125. The van der Waals surface area contributed by atoms with Gasteiger partial charge >= 0.3 is 0 Å². The number of anilines is 1. The first kappa shape index (κ1) is 14.7. The summed E-state index contributed by atoms with van der Waals surface area (Å²) in [6.45, 7) is 1.86. The number of phenolic OH excluding ortho intramolecular Hbond substituents is 1. The van der Waals surface area contributed by atoms with Crippen molar-refractivity contribution in [3.05, 3.63) is 54.4 Å². The van der Waals surface area contributed by atoms with E-state index in [-0.39, 0.29) is 5.75 Å².